The molecule has 0 N–H and O–H groups in total. The molecular weight excluding hydrogens is 1190 g/mol. The Morgan fingerprint density at radius 2 is 0.510 bits per heavy atom. The van der Waals surface area contributed by atoms with Gasteiger partial charge in [-0.1, -0.05) is 219 Å². The number of rotatable bonds is 12. The minimum Gasteiger partial charge on any atom is -0.334 e. The van der Waals surface area contributed by atoms with Gasteiger partial charge in [0.15, 0.2) is 0 Å². The van der Waals surface area contributed by atoms with Crippen LogP contribution in [0.25, 0.3) is 94.3 Å². The van der Waals surface area contributed by atoms with E-state index in [0.717, 1.165) is 148 Å². The van der Waals surface area contributed by atoms with Gasteiger partial charge in [-0.25, -0.2) is 0 Å². The zero-order valence-electron chi connectivity index (χ0n) is 54.0. The minimum atomic E-state index is -0.0733. The van der Waals surface area contributed by atoms with Crippen molar-refractivity contribution in [3.05, 3.63) is 369 Å². The Bertz CT molecular complexity index is 5890. The highest BCUT2D eigenvalue weighted by Crippen LogP contribution is 2.54. The van der Waals surface area contributed by atoms with Crippen LogP contribution in [0.4, 0.5) is 34.1 Å². The van der Waals surface area contributed by atoms with E-state index in [0.29, 0.717) is 0 Å². The Balaban J connectivity index is 1.08. The van der Waals surface area contributed by atoms with Crippen molar-refractivity contribution in [3.8, 4) is 17.1 Å². The van der Waals surface area contributed by atoms with Gasteiger partial charge in [-0.2, -0.15) is 0 Å². The fourth-order valence-corrected chi connectivity index (χ4v) is 16.6. The van der Waals surface area contributed by atoms with Gasteiger partial charge in [0.25, 0.3) is 0 Å². The van der Waals surface area contributed by atoms with Crippen molar-refractivity contribution in [2.24, 2.45) is 0 Å². The van der Waals surface area contributed by atoms with E-state index in [1.54, 1.807) is 0 Å². The minimum absolute atomic E-state index is 0.0733. The molecule has 1 fully saturated rings. The molecule has 0 saturated heterocycles. The van der Waals surface area contributed by atoms with Crippen LogP contribution in [0.5, 0.6) is 0 Å². The summed E-state index contributed by atoms with van der Waals surface area (Å²) in [6, 6.07) is 133. The van der Waals surface area contributed by atoms with E-state index < -0.39 is 0 Å². The van der Waals surface area contributed by atoms with Crippen molar-refractivity contribution in [1.82, 2.24) is 27.1 Å². The number of hydrogen-bond donors (Lipinski definition) is 0. The van der Waals surface area contributed by atoms with E-state index in [-0.39, 0.29) is 17.9 Å². The molecule has 4 aromatic heterocycles. The summed E-state index contributed by atoms with van der Waals surface area (Å²) in [6.07, 6.45) is 3.14. The van der Waals surface area contributed by atoms with Crippen molar-refractivity contribution in [3.63, 3.8) is 0 Å². The number of fused-ring (bicyclic) bond motifs is 8. The molecule has 1 aliphatic rings. The van der Waals surface area contributed by atoms with Gasteiger partial charge >= 0.3 is 0 Å². The highest BCUT2D eigenvalue weighted by atomic mass is 15.2. The second kappa shape index (κ2) is 23.7. The van der Waals surface area contributed by atoms with Crippen LogP contribution in [0.15, 0.2) is 358 Å². The van der Waals surface area contributed by atoms with Crippen molar-refractivity contribution >= 4 is 111 Å². The summed E-state index contributed by atoms with van der Waals surface area (Å²) in [6.45, 7) is 0. The maximum Gasteiger partial charge on any atom is 0.0949 e. The second-order valence-electron chi connectivity index (χ2n) is 26.0. The Labute approximate surface area is 568 Å². The first kappa shape index (κ1) is 57.0. The van der Waals surface area contributed by atoms with E-state index in [2.05, 4.69) is 395 Å². The lowest BCUT2D eigenvalue weighted by atomic mass is 9.71. The summed E-state index contributed by atoms with van der Waals surface area (Å²) < 4.78 is 15.7. The van der Waals surface area contributed by atoms with Crippen LogP contribution in [0.3, 0.4) is 0 Å². The molecule has 4 heterocycles. The summed E-state index contributed by atoms with van der Waals surface area (Å²) in [7, 11) is 0. The first-order valence-electron chi connectivity index (χ1n) is 34.3. The smallest absolute Gasteiger partial charge is 0.0949 e. The topological polar surface area (TPSA) is 35.0 Å². The quantitative estimate of drug-likeness (QED) is 0.0903. The highest BCUT2D eigenvalue weighted by molar-refractivity contribution is 6.12. The van der Waals surface area contributed by atoms with E-state index in [1.807, 2.05) is 0 Å². The van der Waals surface area contributed by atoms with Gasteiger partial charge in [-0.05, 0) is 170 Å². The normalized spacial score (nSPS) is 14.9. The molecule has 18 aromatic rings. The number of anilines is 6. The van der Waals surface area contributed by atoms with Gasteiger partial charge in [0.05, 0.1) is 88.6 Å². The van der Waals surface area contributed by atoms with Crippen molar-refractivity contribution in [1.29, 1.82) is 0 Å². The van der Waals surface area contributed by atoms with Crippen LogP contribution in [0, 0.1) is 0 Å². The maximum absolute atomic E-state index is 2.86. The van der Waals surface area contributed by atoms with Crippen LogP contribution in [-0.4, -0.2) is 27.1 Å². The summed E-state index contributed by atoms with van der Waals surface area (Å²) >= 11 is 0. The van der Waals surface area contributed by atoms with E-state index in [9.17, 15) is 0 Å². The van der Waals surface area contributed by atoms with Gasteiger partial charge in [-0.3, -0.25) is 0 Å². The fourth-order valence-electron chi connectivity index (χ4n) is 16.6. The van der Waals surface area contributed by atoms with Crippen LogP contribution in [0.2, 0.25) is 0 Å². The van der Waals surface area contributed by atoms with Gasteiger partial charge in [-0.15, -0.1) is 0 Å². The Morgan fingerprint density at radius 1 is 0.224 bits per heavy atom. The first-order valence-corrected chi connectivity index (χ1v) is 34.3. The average Bonchev–Trinajstić information content (AvgIpc) is 0.683. The summed E-state index contributed by atoms with van der Waals surface area (Å²) in [5, 5.41) is 0. The van der Waals surface area contributed by atoms with E-state index in [4.69, 9.17) is 0 Å². The highest BCUT2D eigenvalue weighted by Gasteiger charge is 2.39. The lowest BCUT2D eigenvalue weighted by Crippen LogP contribution is -2.30. The molecule has 14 aromatic carbocycles. The van der Waals surface area contributed by atoms with Gasteiger partial charge < -0.3 is 36.9 Å². The molecule has 468 valence electrons. The molecule has 8 nitrogen and oxygen atoms in total. The molecule has 98 heavy (non-hydrogen) atoms. The summed E-state index contributed by atoms with van der Waals surface area (Å²) in [5.74, 6) is 0.252. The lowest BCUT2D eigenvalue weighted by molar-refractivity contribution is 0.274. The zero-order valence-corrected chi connectivity index (χ0v) is 54.0. The van der Waals surface area contributed by atoms with Crippen LogP contribution in [-0.2, 0) is 0 Å². The maximum atomic E-state index is 2.86. The van der Waals surface area contributed by atoms with Gasteiger partial charge in [0.1, 0.15) is 0 Å². The van der Waals surface area contributed by atoms with Crippen molar-refractivity contribution < 1.29 is 0 Å². The predicted molar refractivity (Wildman–Crippen MR) is 408 cm³/mol. The van der Waals surface area contributed by atoms with E-state index >= 15 is 0 Å². The Morgan fingerprint density at radius 3 is 0.888 bits per heavy atom. The molecule has 19 rings (SSSR count). The number of benzene rings is 14. The number of aromatic nitrogens is 6. The molecule has 0 amide bonds. The third kappa shape index (κ3) is 9.27. The standard InChI is InChI=1S/C90H68N8/c1-10-33-63(34-11-1)74-51-32-52-75(64-35-12-2-13-36-64)88(74)98-83-61-80-81(62-82(83)97-79-56-31-29-54-77(79)94(70-47-24-8-25-48-70)85-58-73(60-87(98)90(85)97)92(67-41-18-5-19-42-67)68-43-20-6-21-44-68)96-78-55-30-28-53-76(78)93(69-45-22-7-23-46-69)84-57-72(59-86(89(84)96)95(80)71-49-26-9-27-50-71)91(65-37-14-3-15-38-65)66-39-16-4-17-40-66/h1-31,33-50,53-62,74-75,88H,32,51-52H2. The molecule has 1 saturated carbocycles. The number of nitrogens with zero attached hydrogens (tertiary/aromatic N) is 8. The number of hydrogen-bond acceptors (Lipinski definition) is 2. The fraction of sp³-hybridized carbons (Fsp3) is 0.0667. The lowest BCUT2D eigenvalue weighted by Gasteiger charge is -2.42. The molecule has 0 aliphatic heterocycles. The van der Waals surface area contributed by atoms with Crippen LogP contribution >= 0.6 is 0 Å². The van der Waals surface area contributed by atoms with Gasteiger partial charge in [0, 0.05) is 57.7 Å². The molecule has 2 unspecified atom stereocenters. The van der Waals surface area contributed by atoms with Crippen LogP contribution < -0.4 is 9.80 Å². The molecule has 2 atom stereocenters. The summed E-state index contributed by atoms with van der Waals surface area (Å²) in [4.78, 5) is 4.88. The SMILES string of the molecule is c1ccc(C2CCCC(c3ccccc3)C2n2c3cc4c(cc3n3c5ccccc5n(-c5ccccc5)c5cc(N(c6ccccc6)c6ccccc6)cc2c53)n2c3ccccc3n(-c3ccccc3)c3cc(N(c5ccccc5)c5ccccc5)cc(c32)n4-c2ccccc2)cc1. The van der Waals surface area contributed by atoms with Crippen molar-refractivity contribution in [2.75, 3.05) is 9.80 Å². The van der Waals surface area contributed by atoms with Gasteiger partial charge in [0.2, 0.25) is 0 Å². The van der Waals surface area contributed by atoms with E-state index in [1.165, 1.54) is 11.1 Å². The first-order chi connectivity index (χ1) is 48.7. The number of para-hydroxylation sites is 11. The molecule has 0 bridgehead atoms. The summed E-state index contributed by atoms with van der Waals surface area (Å²) in [5.41, 5.74) is 27.6. The molecule has 8 heteroatoms. The van der Waals surface area contributed by atoms with Crippen molar-refractivity contribution in [2.45, 2.75) is 37.1 Å². The Hall–Kier alpha value is -12.5. The third-order valence-electron chi connectivity index (χ3n) is 20.5. The third-order valence-corrected chi connectivity index (χ3v) is 20.5. The zero-order chi connectivity index (χ0) is 64.6. The monoisotopic (exact) mass is 1260 g/mol. The average molecular weight is 1260 g/mol. The molecular formula is C90H68N8. The Kier molecular flexibility index (Phi) is 13.8. The molecule has 0 spiro atoms. The van der Waals surface area contributed by atoms with Crippen LogP contribution in [0.1, 0.15) is 48.3 Å². The second-order valence-corrected chi connectivity index (χ2v) is 26.0. The molecule has 0 radical (unpaired) electrons. The molecule has 1 aliphatic carbocycles. The predicted octanol–water partition coefficient (Wildman–Crippen LogP) is 23.6. The largest absolute Gasteiger partial charge is 0.334 e.